The molecule has 8 heteroatoms. The molecule has 4 rings (SSSR count). The maximum Gasteiger partial charge on any atom is 0.260 e. The second-order valence-corrected chi connectivity index (χ2v) is 8.46. The minimum absolute atomic E-state index is 0.131. The van der Waals surface area contributed by atoms with Crippen LogP contribution in [0.15, 0.2) is 77.6 Å². The molecule has 0 fully saturated rings. The van der Waals surface area contributed by atoms with E-state index in [1.165, 1.54) is 0 Å². The van der Waals surface area contributed by atoms with Gasteiger partial charge in [0.2, 0.25) is 0 Å². The topological polar surface area (TPSA) is 84.5 Å². The molecule has 1 N–H and O–H groups in total. The first-order valence-electron chi connectivity index (χ1n) is 11.4. The number of aromatic nitrogens is 2. The molecular formula is C27H26ClN3O4. The molecule has 0 aliphatic carbocycles. The Kier molecular flexibility index (Phi) is 8.00. The van der Waals surface area contributed by atoms with Crippen LogP contribution in [0.3, 0.4) is 0 Å². The number of ether oxygens (including phenoxy) is 2. The Balaban J connectivity index is 1.35. The Morgan fingerprint density at radius 3 is 2.43 bits per heavy atom. The van der Waals surface area contributed by atoms with E-state index in [4.69, 9.17) is 21.1 Å². The van der Waals surface area contributed by atoms with Crippen molar-refractivity contribution in [3.8, 4) is 11.5 Å². The Morgan fingerprint density at radius 2 is 1.71 bits per heavy atom. The van der Waals surface area contributed by atoms with Crippen molar-refractivity contribution >= 4 is 28.4 Å². The fraction of sp³-hybridized carbons (Fsp3) is 0.222. The third-order valence-electron chi connectivity index (χ3n) is 5.34. The molecule has 35 heavy (non-hydrogen) atoms. The summed E-state index contributed by atoms with van der Waals surface area (Å²) in [6.07, 6.45) is 0.753. The molecule has 3 aromatic carbocycles. The Hall–Kier alpha value is -3.84. The van der Waals surface area contributed by atoms with E-state index in [1.807, 2.05) is 37.3 Å². The van der Waals surface area contributed by atoms with E-state index in [0.29, 0.717) is 46.4 Å². The summed E-state index contributed by atoms with van der Waals surface area (Å²) in [5, 5.41) is 0.943. The van der Waals surface area contributed by atoms with Gasteiger partial charge in [-0.05, 0) is 54.4 Å². The number of benzene rings is 3. The van der Waals surface area contributed by atoms with Crippen LogP contribution in [0, 0.1) is 0 Å². The van der Waals surface area contributed by atoms with Crippen LogP contribution in [0.25, 0.3) is 10.9 Å². The molecule has 0 radical (unpaired) electrons. The average molecular weight is 492 g/mol. The number of nitrogens with zero attached hydrogens (tertiary/aromatic N) is 2. The van der Waals surface area contributed by atoms with E-state index < -0.39 is 0 Å². The quantitative estimate of drug-likeness (QED) is 0.338. The van der Waals surface area contributed by atoms with Crippen LogP contribution in [0.4, 0.5) is 0 Å². The Morgan fingerprint density at radius 1 is 1.00 bits per heavy atom. The lowest BCUT2D eigenvalue weighted by atomic mass is 10.2. The normalized spacial score (nSPS) is 10.8. The maximum atomic E-state index is 12.9. The van der Waals surface area contributed by atoms with Gasteiger partial charge in [-0.1, -0.05) is 48.9 Å². The van der Waals surface area contributed by atoms with E-state index in [9.17, 15) is 9.59 Å². The molecule has 1 heterocycles. The zero-order chi connectivity index (χ0) is 24.6. The monoisotopic (exact) mass is 491 g/mol. The lowest BCUT2D eigenvalue weighted by Gasteiger charge is -2.22. The van der Waals surface area contributed by atoms with Gasteiger partial charge in [0.25, 0.3) is 11.5 Å². The molecule has 4 aromatic rings. The van der Waals surface area contributed by atoms with Crippen molar-refractivity contribution in [1.82, 2.24) is 14.9 Å². The van der Waals surface area contributed by atoms with Crippen LogP contribution in [0.2, 0.25) is 5.02 Å². The summed E-state index contributed by atoms with van der Waals surface area (Å²) in [6.45, 7) is 2.99. The smallest absolute Gasteiger partial charge is 0.260 e. The van der Waals surface area contributed by atoms with Crippen LogP contribution < -0.4 is 15.0 Å². The van der Waals surface area contributed by atoms with Gasteiger partial charge in [0, 0.05) is 11.6 Å². The third kappa shape index (κ3) is 6.61. The zero-order valence-corrected chi connectivity index (χ0v) is 20.1. The first kappa shape index (κ1) is 24.3. The van der Waals surface area contributed by atoms with Crippen molar-refractivity contribution in [2.24, 2.45) is 0 Å². The largest absolute Gasteiger partial charge is 0.489 e. The predicted octanol–water partition coefficient (Wildman–Crippen LogP) is 4.97. The minimum atomic E-state index is -0.267. The standard InChI is InChI=1S/C27H26ClN3O4/c1-2-14-31(16-25-29-24-15-20(28)8-13-23(24)27(33)30-25)26(32)18-35-22-11-9-21(10-12-22)34-17-19-6-4-3-5-7-19/h3-13,15H,2,14,16-18H2,1H3,(H,29,30,33). The van der Waals surface area contributed by atoms with E-state index in [1.54, 1.807) is 47.4 Å². The molecule has 1 aromatic heterocycles. The number of hydrogen-bond donors (Lipinski definition) is 1. The molecule has 0 unspecified atom stereocenters. The minimum Gasteiger partial charge on any atom is -0.489 e. The number of nitrogens with one attached hydrogen (secondary N) is 1. The number of rotatable bonds is 10. The number of fused-ring (bicyclic) bond motifs is 1. The van der Waals surface area contributed by atoms with Gasteiger partial charge in [-0.2, -0.15) is 0 Å². The highest BCUT2D eigenvalue weighted by Gasteiger charge is 2.16. The lowest BCUT2D eigenvalue weighted by Crippen LogP contribution is -2.36. The average Bonchev–Trinajstić information content (AvgIpc) is 2.87. The van der Waals surface area contributed by atoms with Gasteiger partial charge >= 0.3 is 0 Å². The molecule has 0 atom stereocenters. The Bertz CT molecular complexity index is 1340. The highest BCUT2D eigenvalue weighted by molar-refractivity contribution is 6.31. The SMILES string of the molecule is CCCN(Cc1nc2cc(Cl)ccc2c(=O)[nH]1)C(=O)COc1ccc(OCc2ccccc2)cc1. The third-order valence-corrected chi connectivity index (χ3v) is 5.57. The fourth-order valence-electron chi connectivity index (χ4n) is 3.59. The van der Waals surface area contributed by atoms with Crippen molar-refractivity contribution in [1.29, 1.82) is 0 Å². The van der Waals surface area contributed by atoms with Crippen molar-refractivity contribution in [2.45, 2.75) is 26.5 Å². The van der Waals surface area contributed by atoms with Crippen molar-refractivity contribution in [3.05, 3.63) is 99.6 Å². The molecule has 0 spiro atoms. The predicted molar refractivity (Wildman–Crippen MR) is 136 cm³/mol. The molecule has 180 valence electrons. The highest BCUT2D eigenvalue weighted by atomic mass is 35.5. The van der Waals surface area contributed by atoms with E-state index in [-0.39, 0.29) is 24.6 Å². The van der Waals surface area contributed by atoms with Crippen molar-refractivity contribution < 1.29 is 14.3 Å². The number of hydrogen-bond acceptors (Lipinski definition) is 5. The maximum absolute atomic E-state index is 12.9. The van der Waals surface area contributed by atoms with Gasteiger partial charge in [0.15, 0.2) is 6.61 Å². The molecule has 0 saturated heterocycles. The zero-order valence-electron chi connectivity index (χ0n) is 19.4. The molecule has 0 saturated carbocycles. The molecule has 1 amide bonds. The summed E-state index contributed by atoms with van der Waals surface area (Å²) in [7, 11) is 0. The van der Waals surface area contributed by atoms with Crippen LogP contribution in [0.5, 0.6) is 11.5 Å². The number of carbonyl (C=O) groups excluding carboxylic acids is 1. The van der Waals surface area contributed by atoms with E-state index >= 15 is 0 Å². The molecule has 7 nitrogen and oxygen atoms in total. The highest BCUT2D eigenvalue weighted by Crippen LogP contribution is 2.19. The summed E-state index contributed by atoms with van der Waals surface area (Å²) in [5.74, 6) is 1.47. The van der Waals surface area contributed by atoms with Gasteiger partial charge in [-0.3, -0.25) is 9.59 Å². The number of carbonyl (C=O) groups is 1. The summed E-state index contributed by atoms with van der Waals surface area (Å²) >= 11 is 6.04. The first-order valence-corrected chi connectivity index (χ1v) is 11.8. The van der Waals surface area contributed by atoms with Crippen LogP contribution in [-0.2, 0) is 17.9 Å². The Labute approximate surface area is 208 Å². The molecule has 0 aliphatic heterocycles. The molecule has 0 aliphatic rings. The number of halogens is 1. The lowest BCUT2D eigenvalue weighted by molar-refractivity contribution is -0.134. The first-order chi connectivity index (χ1) is 17.0. The van der Waals surface area contributed by atoms with Crippen LogP contribution >= 0.6 is 11.6 Å². The van der Waals surface area contributed by atoms with E-state index in [2.05, 4.69) is 9.97 Å². The summed E-state index contributed by atoms with van der Waals surface area (Å²) in [6, 6.07) is 22.0. The van der Waals surface area contributed by atoms with Gasteiger partial charge in [-0.25, -0.2) is 4.98 Å². The van der Waals surface area contributed by atoms with Gasteiger partial charge in [0.1, 0.15) is 23.9 Å². The number of aromatic amines is 1. The number of H-pyrrole nitrogens is 1. The van der Waals surface area contributed by atoms with Crippen LogP contribution in [0.1, 0.15) is 24.7 Å². The second-order valence-electron chi connectivity index (χ2n) is 8.02. The summed E-state index contributed by atoms with van der Waals surface area (Å²) in [5.41, 5.74) is 1.31. The van der Waals surface area contributed by atoms with Crippen molar-refractivity contribution in [2.75, 3.05) is 13.2 Å². The fourth-order valence-corrected chi connectivity index (χ4v) is 3.75. The van der Waals surface area contributed by atoms with Crippen molar-refractivity contribution in [3.63, 3.8) is 0 Å². The number of amides is 1. The van der Waals surface area contributed by atoms with Crippen LogP contribution in [-0.4, -0.2) is 33.9 Å². The molecular weight excluding hydrogens is 466 g/mol. The van der Waals surface area contributed by atoms with Gasteiger partial charge < -0.3 is 19.4 Å². The second kappa shape index (κ2) is 11.5. The molecule has 0 bridgehead atoms. The van der Waals surface area contributed by atoms with Gasteiger partial charge in [0.05, 0.1) is 17.4 Å². The summed E-state index contributed by atoms with van der Waals surface area (Å²) < 4.78 is 11.5. The van der Waals surface area contributed by atoms with Gasteiger partial charge in [-0.15, -0.1) is 0 Å². The summed E-state index contributed by atoms with van der Waals surface area (Å²) in [4.78, 5) is 34.1. The van der Waals surface area contributed by atoms with E-state index in [0.717, 1.165) is 12.0 Å².